The van der Waals surface area contributed by atoms with Gasteiger partial charge in [0.1, 0.15) is 5.69 Å². The molecule has 2 aromatic carbocycles. The number of rotatable bonds is 5. The van der Waals surface area contributed by atoms with Gasteiger partial charge in [-0.1, -0.05) is 41.9 Å². The Morgan fingerprint density at radius 3 is 2.31 bits per heavy atom. The van der Waals surface area contributed by atoms with E-state index >= 15 is 0 Å². The molecule has 3 rings (SSSR count). The van der Waals surface area contributed by atoms with Crippen molar-refractivity contribution < 1.29 is 9.59 Å². The molecule has 1 aromatic heterocycles. The zero-order chi connectivity index (χ0) is 21.0. The van der Waals surface area contributed by atoms with Gasteiger partial charge in [0.15, 0.2) is 0 Å². The van der Waals surface area contributed by atoms with E-state index in [-0.39, 0.29) is 23.9 Å². The van der Waals surface area contributed by atoms with Crippen LogP contribution >= 0.6 is 11.6 Å². The molecule has 6 nitrogen and oxygen atoms in total. The molecule has 3 aromatic rings. The fraction of sp³-hybridized carbons (Fsp3) is 0.227. The van der Waals surface area contributed by atoms with E-state index in [1.165, 1.54) is 0 Å². The Bertz CT molecular complexity index is 1010. The average Bonchev–Trinajstić information content (AvgIpc) is 3.11. The molecule has 0 atom stereocenters. The van der Waals surface area contributed by atoms with Crippen molar-refractivity contribution in [1.82, 2.24) is 20.4 Å². The first-order valence-corrected chi connectivity index (χ1v) is 9.61. The molecule has 1 heterocycles. The van der Waals surface area contributed by atoms with Crippen molar-refractivity contribution in [2.45, 2.75) is 26.3 Å². The lowest BCUT2D eigenvalue weighted by Gasteiger charge is -2.20. The number of hydrogen-bond acceptors (Lipinski definition) is 3. The number of benzene rings is 2. The lowest BCUT2D eigenvalue weighted by Crippen LogP contribution is -2.45. The van der Waals surface area contributed by atoms with Crippen molar-refractivity contribution in [3.63, 3.8) is 0 Å². The zero-order valence-electron chi connectivity index (χ0n) is 16.6. The average molecular weight is 411 g/mol. The zero-order valence-corrected chi connectivity index (χ0v) is 17.3. The van der Waals surface area contributed by atoms with Crippen LogP contribution in [0.3, 0.4) is 0 Å². The minimum Gasteiger partial charge on any atom is -0.350 e. The van der Waals surface area contributed by atoms with Gasteiger partial charge in [0.25, 0.3) is 5.91 Å². The Morgan fingerprint density at radius 1 is 1.03 bits per heavy atom. The van der Waals surface area contributed by atoms with Crippen LogP contribution in [0.25, 0.3) is 16.9 Å². The number of amides is 2. The maximum Gasteiger partial charge on any atom is 0.255 e. The highest BCUT2D eigenvalue weighted by Crippen LogP contribution is 2.25. The second-order valence-corrected chi connectivity index (χ2v) is 8.10. The number of para-hydroxylation sites is 1. The van der Waals surface area contributed by atoms with E-state index in [1.54, 1.807) is 23.0 Å². The van der Waals surface area contributed by atoms with Gasteiger partial charge in [0, 0.05) is 22.3 Å². The third-order valence-electron chi connectivity index (χ3n) is 4.02. The quantitative estimate of drug-likeness (QED) is 0.671. The summed E-state index contributed by atoms with van der Waals surface area (Å²) in [6.45, 7) is 5.53. The van der Waals surface area contributed by atoms with Gasteiger partial charge in [-0.15, -0.1) is 0 Å². The largest absolute Gasteiger partial charge is 0.350 e. The molecule has 0 aliphatic rings. The van der Waals surface area contributed by atoms with Crippen molar-refractivity contribution in [1.29, 1.82) is 0 Å². The lowest BCUT2D eigenvalue weighted by molar-refractivity contribution is -0.121. The number of carbonyl (C=O) groups is 2. The van der Waals surface area contributed by atoms with Gasteiger partial charge in [-0.25, -0.2) is 4.68 Å². The van der Waals surface area contributed by atoms with E-state index in [9.17, 15) is 9.59 Å². The summed E-state index contributed by atoms with van der Waals surface area (Å²) in [5, 5.41) is 10.7. The Hall–Kier alpha value is -3.12. The molecule has 0 aliphatic carbocycles. The summed E-state index contributed by atoms with van der Waals surface area (Å²) in [6.07, 6.45) is 1.66. The monoisotopic (exact) mass is 410 g/mol. The third-order valence-corrected chi connectivity index (χ3v) is 4.27. The number of carbonyl (C=O) groups excluding carboxylic acids is 2. The summed E-state index contributed by atoms with van der Waals surface area (Å²) in [4.78, 5) is 24.9. The van der Waals surface area contributed by atoms with Crippen LogP contribution < -0.4 is 10.6 Å². The second-order valence-electron chi connectivity index (χ2n) is 7.66. The van der Waals surface area contributed by atoms with Gasteiger partial charge < -0.3 is 10.6 Å². The molecule has 0 saturated heterocycles. The van der Waals surface area contributed by atoms with E-state index in [0.717, 1.165) is 11.3 Å². The van der Waals surface area contributed by atoms with Gasteiger partial charge in [-0.05, 0) is 45.0 Å². The highest BCUT2D eigenvalue weighted by molar-refractivity contribution is 6.30. The normalized spacial score (nSPS) is 11.2. The van der Waals surface area contributed by atoms with E-state index in [2.05, 4.69) is 15.7 Å². The molecule has 0 radical (unpaired) electrons. The fourth-order valence-corrected chi connectivity index (χ4v) is 2.92. The van der Waals surface area contributed by atoms with E-state index < -0.39 is 0 Å². The minimum absolute atomic E-state index is 0.118. The maximum atomic E-state index is 12.8. The lowest BCUT2D eigenvalue weighted by atomic mass is 10.1. The fourth-order valence-electron chi connectivity index (χ4n) is 2.79. The molecule has 29 heavy (non-hydrogen) atoms. The van der Waals surface area contributed by atoms with Gasteiger partial charge in [0.05, 0.1) is 17.8 Å². The summed E-state index contributed by atoms with van der Waals surface area (Å²) in [5.74, 6) is -0.629. The van der Waals surface area contributed by atoms with Crippen LogP contribution in [0.15, 0.2) is 60.8 Å². The summed E-state index contributed by atoms with van der Waals surface area (Å²) in [7, 11) is 0. The number of halogens is 1. The summed E-state index contributed by atoms with van der Waals surface area (Å²) in [6, 6.07) is 16.6. The number of aromatic nitrogens is 2. The van der Waals surface area contributed by atoms with Gasteiger partial charge in [-0.3, -0.25) is 9.59 Å². The predicted octanol–water partition coefficient (Wildman–Crippen LogP) is 3.84. The molecule has 0 spiro atoms. The number of nitrogens with zero attached hydrogens (tertiary/aromatic N) is 2. The van der Waals surface area contributed by atoms with Crippen molar-refractivity contribution in [3.05, 3.63) is 71.4 Å². The molecule has 0 saturated carbocycles. The topological polar surface area (TPSA) is 76.0 Å². The first kappa shape index (κ1) is 20.6. The van der Waals surface area contributed by atoms with Crippen LogP contribution in [0.4, 0.5) is 0 Å². The Balaban J connectivity index is 1.89. The molecular weight excluding hydrogens is 388 g/mol. The standard InChI is InChI=1S/C22H23ClN4O2/c1-22(2,3)25-19(28)13-24-21(29)18-14-27(17-7-5-4-6-8-17)26-20(18)15-9-11-16(23)12-10-15/h4-12,14H,13H2,1-3H3,(H,24,29)(H,25,28). The Labute approximate surface area is 174 Å². The summed E-state index contributed by atoms with van der Waals surface area (Å²) < 4.78 is 1.65. The maximum absolute atomic E-state index is 12.8. The SMILES string of the molecule is CC(C)(C)NC(=O)CNC(=O)c1cn(-c2ccccc2)nc1-c1ccc(Cl)cc1. The predicted molar refractivity (Wildman–Crippen MR) is 114 cm³/mol. The van der Waals surface area contributed by atoms with Gasteiger partial charge in [-0.2, -0.15) is 5.10 Å². The molecule has 2 amide bonds. The molecule has 7 heteroatoms. The van der Waals surface area contributed by atoms with Crippen LogP contribution in [-0.2, 0) is 4.79 Å². The highest BCUT2D eigenvalue weighted by Gasteiger charge is 2.20. The molecular formula is C22H23ClN4O2. The molecule has 0 unspecified atom stereocenters. The first-order chi connectivity index (χ1) is 13.7. The van der Waals surface area contributed by atoms with Crippen molar-refractivity contribution in [2.24, 2.45) is 0 Å². The summed E-state index contributed by atoms with van der Waals surface area (Å²) in [5.41, 5.74) is 2.11. The van der Waals surface area contributed by atoms with Crippen LogP contribution in [-0.4, -0.2) is 33.7 Å². The number of nitrogens with one attached hydrogen (secondary N) is 2. The Kier molecular flexibility index (Phi) is 6.03. The molecule has 0 aliphatic heterocycles. The molecule has 0 fully saturated rings. The van der Waals surface area contributed by atoms with Crippen LogP contribution in [0.5, 0.6) is 0 Å². The van der Waals surface area contributed by atoms with Crippen LogP contribution in [0.2, 0.25) is 5.02 Å². The molecule has 2 N–H and O–H groups in total. The van der Waals surface area contributed by atoms with Crippen molar-refractivity contribution in [2.75, 3.05) is 6.54 Å². The first-order valence-electron chi connectivity index (χ1n) is 9.23. The van der Waals surface area contributed by atoms with Gasteiger partial charge in [0.2, 0.25) is 5.91 Å². The van der Waals surface area contributed by atoms with Gasteiger partial charge >= 0.3 is 0 Å². The second kappa shape index (κ2) is 8.49. The smallest absolute Gasteiger partial charge is 0.255 e. The van der Waals surface area contributed by atoms with Crippen molar-refractivity contribution in [3.8, 4) is 16.9 Å². The van der Waals surface area contributed by atoms with Crippen LogP contribution in [0.1, 0.15) is 31.1 Å². The number of hydrogen-bond donors (Lipinski definition) is 2. The van der Waals surface area contributed by atoms with E-state index in [4.69, 9.17) is 11.6 Å². The molecule has 150 valence electrons. The van der Waals surface area contributed by atoms with E-state index in [1.807, 2.05) is 63.2 Å². The van der Waals surface area contributed by atoms with Crippen LogP contribution in [0, 0.1) is 0 Å². The summed E-state index contributed by atoms with van der Waals surface area (Å²) >= 11 is 5.99. The molecule has 0 bridgehead atoms. The Morgan fingerprint density at radius 2 is 1.69 bits per heavy atom. The third kappa shape index (κ3) is 5.45. The van der Waals surface area contributed by atoms with E-state index in [0.29, 0.717) is 16.3 Å². The highest BCUT2D eigenvalue weighted by atomic mass is 35.5. The van der Waals surface area contributed by atoms with Crippen molar-refractivity contribution >= 4 is 23.4 Å². The minimum atomic E-state index is -0.374.